The van der Waals surface area contributed by atoms with Crippen molar-refractivity contribution in [3.63, 3.8) is 0 Å². The minimum atomic E-state index is -0.676. The van der Waals surface area contributed by atoms with Gasteiger partial charge >= 0.3 is 5.97 Å². The summed E-state index contributed by atoms with van der Waals surface area (Å²) in [5.74, 6) is -0.192. The molecule has 0 saturated heterocycles. The third-order valence-corrected chi connectivity index (χ3v) is 7.92. The number of esters is 1. The van der Waals surface area contributed by atoms with Crippen molar-refractivity contribution in [1.82, 2.24) is 10.4 Å². The maximum absolute atomic E-state index is 13.4. The maximum Gasteiger partial charge on any atom is 0.345 e. The zero-order valence-electron chi connectivity index (χ0n) is 22.5. The van der Waals surface area contributed by atoms with E-state index in [-0.39, 0.29) is 27.8 Å². The van der Waals surface area contributed by atoms with Crippen molar-refractivity contribution in [3.05, 3.63) is 109 Å². The molecule has 0 radical (unpaired) electrons. The van der Waals surface area contributed by atoms with Gasteiger partial charge in [-0.1, -0.05) is 68.9 Å². The van der Waals surface area contributed by atoms with Gasteiger partial charge in [-0.2, -0.15) is 5.10 Å². The number of carbonyl (C=O) groups excluding carboxylic acids is 2. The monoisotopic (exact) mass is 699 g/mol. The fraction of sp³-hybridized carbons (Fsp3) is 0.0645. The summed E-state index contributed by atoms with van der Waals surface area (Å²) in [7, 11) is 2.99. The van der Waals surface area contributed by atoms with Crippen molar-refractivity contribution in [2.75, 3.05) is 14.2 Å². The number of aromatic amines is 1. The van der Waals surface area contributed by atoms with Crippen molar-refractivity contribution in [2.24, 2.45) is 5.10 Å². The van der Waals surface area contributed by atoms with Gasteiger partial charge in [0.2, 0.25) is 0 Å². The first-order valence-electron chi connectivity index (χ1n) is 12.5. The summed E-state index contributed by atoms with van der Waals surface area (Å²) in [5.41, 5.74) is 5.39. The summed E-state index contributed by atoms with van der Waals surface area (Å²) in [4.78, 5) is 29.3. The summed E-state index contributed by atoms with van der Waals surface area (Å²) < 4.78 is 17.2. The van der Waals surface area contributed by atoms with Gasteiger partial charge in [0.05, 0.1) is 36.5 Å². The Balaban J connectivity index is 1.40. The topological polar surface area (TPSA) is 102 Å². The third-order valence-electron chi connectivity index (χ3n) is 6.38. The molecule has 0 aliphatic carbocycles. The van der Waals surface area contributed by atoms with Crippen LogP contribution in [0.1, 0.15) is 26.4 Å². The summed E-state index contributed by atoms with van der Waals surface area (Å²) in [5, 5.41) is 5.89. The van der Waals surface area contributed by atoms with Crippen LogP contribution in [0.5, 0.6) is 17.2 Å². The van der Waals surface area contributed by atoms with Crippen LogP contribution >= 0.6 is 50.7 Å². The molecule has 43 heavy (non-hydrogen) atoms. The Hall–Kier alpha value is -4.02. The molecule has 0 aliphatic heterocycles. The van der Waals surface area contributed by atoms with Gasteiger partial charge in [-0.25, -0.2) is 10.2 Å². The lowest BCUT2D eigenvalue weighted by atomic mass is 10.0. The lowest BCUT2D eigenvalue weighted by Crippen LogP contribution is -2.19. The number of rotatable bonds is 8. The Kier molecular flexibility index (Phi) is 9.27. The number of nitrogens with one attached hydrogen (secondary N) is 2. The average Bonchev–Trinajstić information content (AvgIpc) is 3.39. The first kappa shape index (κ1) is 30.4. The van der Waals surface area contributed by atoms with Gasteiger partial charge in [0.1, 0.15) is 11.4 Å². The number of carbonyl (C=O) groups is 2. The van der Waals surface area contributed by atoms with Gasteiger partial charge in [-0.3, -0.25) is 4.79 Å². The number of ether oxygens (including phenoxy) is 3. The Morgan fingerprint density at radius 2 is 1.63 bits per heavy atom. The lowest BCUT2D eigenvalue weighted by Gasteiger charge is -2.11. The number of amides is 1. The van der Waals surface area contributed by atoms with Gasteiger partial charge in [0, 0.05) is 31.0 Å². The number of aromatic nitrogens is 1. The van der Waals surface area contributed by atoms with Crippen LogP contribution in [0.15, 0.2) is 82.4 Å². The summed E-state index contributed by atoms with van der Waals surface area (Å²) >= 11 is 22.2. The van der Waals surface area contributed by atoms with Crippen LogP contribution in [0.2, 0.25) is 15.1 Å². The van der Waals surface area contributed by atoms with Crippen LogP contribution in [0.3, 0.4) is 0 Å². The second kappa shape index (κ2) is 13.1. The molecule has 218 valence electrons. The number of methoxy groups -OCH3 is 2. The molecular formula is C31H21BrCl3N3O5. The number of benzene rings is 4. The van der Waals surface area contributed by atoms with Gasteiger partial charge in [-0.15, -0.1) is 0 Å². The smallest absolute Gasteiger partial charge is 0.345 e. The maximum atomic E-state index is 13.4. The molecule has 0 spiro atoms. The second-order valence-electron chi connectivity index (χ2n) is 8.98. The van der Waals surface area contributed by atoms with E-state index in [1.807, 2.05) is 24.3 Å². The number of fused-ring (bicyclic) bond motifs is 1. The standard InChI is InChI=1S/C31H21BrCl3N3O5/c1-41-24-12-10-20(32)27-26(18-5-3-4-6-21(18)34)29(37-28(24)27)30(39)38-36-15-16-7-11-23(25(13-16)42-2)43-31(40)19-9-8-17(33)14-22(19)35/h3-15,37H,1-2H3,(H,38,39). The first-order valence-corrected chi connectivity index (χ1v) is 14.5. The van der Waals surface area contributed by atoms with E-state index in [0.717, 1.165) is 9.86 Å². The molecule has 12 heteroatoms. The fourth-order valence-electron chi connectivity index (χ4n) is 4.39. The summed E-state index contributed by atoms with van der Waals surface area (Å²) in [6, 6.07) is 20.1. The fourth-order valence-corrected chi connectivity index (χ4v) is 5.64. The molecule has 0 unspecified atom stereocenters. The highest BCUT2D eigenvalue weighted by atomic mass is 79.9. The van der Waals surface area contributed by atoms with Crippen molar-refractivity contribution in [1.29, 1.82) is 0 Å². The summed E-state index contributed by atoms with van der Waals surface area (Å²) in [6.45, 7) is 0. The molecule has 5 rings (SSSR count). The van der Waals surface area contributed by atoms with Crippen LogP contribution in [0.25, 0.3) is 22.0 Å². The largest absolute Gasteiger partial charge is 0.495 e. The molecule has 4 aromatic carbocycles. The quantitative estimate of drug-likeness (QED) is 0.0731. The van der Waals surface area contributed by atoms with Crippen LogP contribution in [0, 0.1) is 0 Å². The van der Waals surface area contributed by atoms with Crippen molar-refractivity contribution < 1.29 is 23.8 Å². The van der Waals surface area contributed by atoms with E-state index < -0.39 is 11.9 Å². The van der Waals surface area contributed by atoms with Crippen LogP contribution in [0.4, 0.5) is 0 Å². The highest BCUT2D eigenvalue weighted by Gasteiger charge is 2.24. The van der Waals surface area contributed by atoms with E-state index in [1.165, 1.54) is 31.5 Å². The van der Waals surface area contributed by atoms with E-state index in [4.69, 9.17) is 49.0 Å². The van der Waals surface area contributed by atoms with Crippen molar-refractivity contribution >= 4 is 79.7 Å². The molecule has 0 bridgehead atoms. The third kappa shape index (κ3) is 6.35. The van der Waals surface area contributed by atoms with Crippen LogP contribution < -0.4 is 19.6 Å². The zero-order chi connectivity index (χ0) is 30.7. The molecule has 1 aromatic heterocycles. The van der Waals surface area contributed by atoms with Crippen molar-refractivity contribution in [3.8, 4) is 28.4 Å². The minimum Gasteiger partial charge on any atom is -0.495 e. The molecule has 1 heterocycles. The van der Waals surface area contributed by atoms with Gasteiger partial charge in [0.15, 0.2) is 11.5 Å². The predicted octanol–water partition coefficient (Wildman–Crippen LogP) is 8.56. The molecule has 2 N–H and O–H groups in total. The zero-order valence-corrected chi connectivity index (χ0v) is 26.4. The molecule has 0 saturated carbocycles. The molecule has 0 fully saturated rings. The normalized spacial score (nSPS) is 11.1. The van der Waals surface area contributed by atoms with Gasteiger partial charge in [-0.05, 0) is 60.2 Å². The average molecular weight is 702 g/mol. The lowest BCUT2D eigenvalue weighted by molar-refractivity contribution is 0.0729. The van der Waals surface area contributed by atoms with E-state index >= 15 is 0 Å². The Bertz CT molecular complexity index is 1910. The number of halogens is 4. The molecule has 0 atom stereocenters. The molecule has 8 nitrogen and oxygen atoms in total. The van der Waals surface area contributed by atoms with E-state index in [1.54, 1.807) is 37.4 Å². The molecular weight excluding hydrogens is 681 g/mol. The predicted molar refractivity (Wildman–Crippen MR) is 172 cm³/mol. The minimum absolute atomic E-state index is 0.152. The molecule has 5 aromatic rings. The SMILES string of the molecule is COc1cc(C=NNC(=O)c2[nH]c3c(OC)ccc(Br)c3c2-c2ccccc2Cl)ccc1OC(=O)c1ccc(Cl)cc1Cl. The highest BCUT2D eigenvalue weighted by Crippen LogP contribution is 2.43. The van der Waals surface area contributed by atoms with Crippen molar-refractivity contribution in [2.45, 2.75) is 0 Å². The Labute approximate surface area is 269 Å². The highest BCUT2D eigenvalue weighted by molar-refractivity contribution is 9.10. The first-order chi connectivity index (χ1) is 20.7. The van der Waals surface area contributed by atoms with Crippen LogP contribution in [-0.4, -0.2) is 37.3 Å². The van der Waals surface area contributed by atoms with Crippen LogP contribution in [-0.2, 0) is 0 Å². The Morgan fingerprint density at radius 1 is 0.884 bits per heavy atom. The number of H-pyrrole nitrogens is 1. The van der Waals surface area contributed by atoms with E-state index in [0.29, 0.717) is 38.0 Å². The summed E-state index contributed by atoms with van der Waals surface area (Å²) in [6.07, 6.45) is 1.43. The van der Waals surface area contributed by atoms with Gasteiger partial charge < -0.3 is 19.2 Å². The number of nitrogens with zero attached hydrogens (tertiary/aromatic N) is 1. The molecule has 0 aliphatic rings. The number of hydrogen-bond donors (Lipinski definition) is 2. The molecule has 1 amide bonds. The van der Waals surface area contributed by atoms with E-state index in [2.05, 4.69) is 31.4 Å². The Morgan fingerprint density at radius 3 is 2.35 bits per heavy atom. The number of hydrazone groups is 1. The van der Waals surface area contributed by atoms with E-state index in [9.17, 15) is 9.59 Å². The number of hydrogen-bond acceptors (Lipinski definition) is 6. The second-order valence-corrected chi connectivity index (χ2v) is 11.1. The van der Waals surface area contributed by atoms with Gasteiger partial charge in [0.25, 0.3) is 5.91 Å².